The van der Waals surface area contributed by atoms with E-state index in [0.717, 1.165) is 25.5 Å². The van der Waals surface area contributed by atoms with Crippen LogP contribution in [-0.2, 0) is 0 Å². The lowest BCUT2D eigenvalue weighted by Gasteiger charge is -2.18. The maximum Gasteiger partial charge on any atom is 0.191 e. The zero-order valence-electron chi connectivity index (χ0n) is 9.03. The van der Waals surface area contributed by atoms with Crippen molar-refractivity contribution in [2.75, 3.05) is 13.1 Å². The highest BCUT2D eigenvalue weighted by atomic mass is 15.2. The average molecular weight is 203 g/mol. The van der Waals surface area contributed by atoms with E-state index in [1.807, 2.05) is 6.07 Å². The highest BCUT2D eigenvalue weighted by Crippen LogP contribution is 2.15. The van der Waals surface area contributed by atoms with Crippen LogP contribution < -0.4 is 10.6 Å². The zero-order chi connectivity index (χ0) is 10.5. The second kappa shape index (κ2) is 4.82. The minimum Gasteiger partial charge on any atom is -0.355 e. The molecule has 2 rings (SSSR count). The summed E-state index contributed by atoms with van der Waals surface area (Å²) in [5.41, 5.74) is 1.32. The highest BCUT2D eigenvalue weighted by Gasteiger charge is 2.12. The van der Waals surface area contributed by atoms with Crippen LogP contribution in [0.5, 0.6) is 0 Å². The Morgan fingerprint density at radius 3 is 2.80 bits per heavy atom. The van der Waals surface area contributed by atoms with Crippen LogP contribution in [0.15, 0.2) is 35.3 Å². The average Bonchev–Trinajstić information content (AvgIpc) is 2.80. The van der Waals surface area contributed by atoms with Crippen molar-refractivity contribution in [3.63, 3.8) is 0 Å². The van der Waals surface area contributed by atoms with Crippen LogP contribution in [-0.4, -0.2) is 19.0 Å². The van der Waals surface area contributed by atoms with E-state index in [-0.39, 0.29) is 0 Å². The summed E-state index contributed by atoms with van der Waals surface area (Å²) in [5, 5.41) is 6.65. The number of benzene rings is 1. The van der Waals surface area contributed by atoms with Crippen LogP contribution in [0.3, 0.4) is 0 Å². The normalized spacial score (nSPS) is 16.7. The molecule has 0 bridgehead atoms. The quantitative estimate of drug-likeness (QED) is 0.784. The first kappa shape index (κ1) is 10.0. The van der Waals surface area contributed by atoms with E-state index in [1.54, 1.807) is 0 Å². The summed E-state index contributed by atoms with van der Waals surface area (Å²) in [6, 6.07) is 10.8. The van der Waals surface area contributed by atoms with Crippen molar-refractivity contribution in [3.8, 4) is 0 Å². The highest BCUT2D eigenvalue weighted by molar-refractivity contribution is 5.81. The summed E-state index contributed by atoms with van der Waals surface area (Å²) in [6.07, 6.45) is 1.06. The Morgan fingerprint density at radius 2 is 2.20 bits per heavy atom. The predicted molar refractivity (Wildman–Crippen MR) is 62.9 cm³/mol. The second-order valence-electron chi connectivity index (χ2n) is 3.67. The van der Waals surface area contributed by atoms with Crippen molar-refractivity contribution in [1.29, 1.82) is 0 Å². The summed E-state index contributed by atoms with van der Waals surface area (Å²) in [5.74, 6) is 0.936. The van der Waals surface area contributed by atoms with Crippen molar-refractivity contribution in [3.05, 3.63) is 35.9 Å². The van der Waals surface area contributed by atoms with Crippen molar-refractivity contribution >= 4 is 5.96 Å². The van der Waals surface area contributed by atoms with Gasteiger partial charge in [-0.1, -0.05) is 37.3 Å². The largest absolute Gasteiger partial charge is 0.355 e. The molecule has 1 aliphatic heterocycles. The Hall–Kier alpha value is -1.51. The minimum absolute atomic E-state index is 0.357. The summed E-state index contributed by atoms with van der Waals surface area (Å²) in [7, 11) is 0. The lowest BCUT2D eigenvalue weighted by molar-refractivity contribution is 0.617. The SMILES string of the molecule is CC[C@@H](NC1=NCCN1)c1ccccc1. The molecule has 3 heteroatoms. The van der Waals surface area contributed by atoms with Gasteiger partial charge < -0.3 is 10.6 Å². The minimum atomic E-state index is 0.357. The van der Waals surface area contributed by atoms with Gasteiger partial charge in [0, 0.05) is 6.54 Å². The van der Waals surface area contributed by atoms with Crippen LogP contribution >= 0.6 is 0 Å². The molecule has 0 radical (unpaired) electrons. The van der Waals surface area contributed by atoms with Gasteiger partial charge in [-0.15, -0.1) is 0 Å². The number of hydrogen-bond acceptors (Lipinski definition) is 3. The van der Waals surface area contributed by atoms with E-state index >= 15 is 0 Å². The molecule has 1 atom stereocenters. The summed E-state index contributed by atoms with van der Waals surface area (Å²) in [6.45, 7) is 4.02. The van der Waals surface area contributed by atoms with Gasteiger partial charge in [-0.25, -0.2) is 0 Å². The molecule has 1 aliphatic rings. The molecule has 15 heavy (non-hydrogen) atoms. The molecule has 1 heterocycles. The second-order valence-corrected chi connectivity index (χ2v) is 3.67. The Kier molecular flexibility index (Phi) is 3.22. The Balaban J connectivity index is 2.04. The van der Waals surface area contributed by atoms with E-state index in [0.29, 0.717) is 6.04 Å². The van der Waals surface area contributed by atoms with E-state index < -0.39 is 0 Å². The molecule has 0 aliphatic carbocycles. The first-order valence-corrected chi connectivity index (χ1v) is 5.50. The van der Waals surface area contributed by atoms with E-state index in [2.05, 4.69) is 46.8 Å². The van der Waals surface area contributed by atoms with Gasteiger partial charge in [0.05, 0.1) is 12.6 Å². The zero-order valence-corrected chi connectivity index (χ0v) is 9.03. The van der Waals surface area contributed by atoms with Crippen molar-refractivity contribution in [2.24, 2.45) is 4.99 Å². The van der Waals surface area contributed by atoms with Crippen LogP contribution in [0, 0.1) is 0 Å². The van der Waals surface area contributed by atoms with Gasteiger partial charge >= 0.3 is 0 Å². The standard InChI is InChI=1S/C12H17N3/c1-2-11(10-6-4-3-5-7-10)15-12-13-8-9-14-12/h3-7,11H,2,8-9H2,1H3,(H2,13,14,15)/t11-/m1/s1. The number of aliphatic imine (C=N–C) groups is 1. The van der Waals surface area contributed by atoms with E-state index in [4.69, 9.17) is 0 Å². The molecular formula is C12H17N3. The van der Waals surface area contributed by atoms with Gasteiger partial charge in [-0.2, -0.15) is 0 Å². The lowest BCUT2D eigenvalue weighted by Crippen LogP contribution is -2.36. The summed E-state index contributed by atoms with van der Waals surface area (Å²) >= 11 is 0. The molecule has 0 unspecified atom stereocenters. The van der Waals surface area contributed by atoms with Crippen LogP contribution in [0.1, 0.15) is 24.9 Å². The van der Waals surface area contributed by atoms with Crippen LogP contribution in [0.25, 0.3) is 0 Å². The molecule has 0 amide bonds. The van der Waals surface area contributed by atoms with E-state index in [1.165, 1.54) is 5.56 Å². The van der Waals surface area contributed by atoms with Gasteiger partial charge in [0.15, 0.2) is 5.96 Å². The van der Waals surface area contributed by atoms with Crippen molar-refractivity contribution in [1.82, 2.24) is 10.6 Å². The molecular weight excluding hydrogens is 186 g/mol. The number of guanidine groups is 1. The van der Waals surface area contributed by atoms with Gasteiger partial charge in [0.1, 0.15) is 0 Å². The first-order valence-electron chi connectivity index (χ1n) is 5.50. The Labute approximate surface area is 90.6 Å². The third-order valence-electron chi connectivity index (χ3n) is 2.60. The maximum atomic E-state index is 4.34. The van der Waals surface area contributed by atoms with Gasteiger partial charge in [-0.05, 0) is 12.0 Å². The molecule has 0 fully saturated rings. The number of nitrogens with one attached hydrogen (secondary N) is 2. The summed E-state index contributed by atoms with van der Waals surface area (Å²) in [4.78, 5) is 4.34. The molecule has 2 N–H and O–H groups in total. The van der Waals surface area contributed by atoms with E-state index in [9.17, 15) is 0 Å². The van der Waals surface area contributed by atoms with Gasteiger partial charge in [-0.3, -0.25) is 4.99 Å². The number of rotatable bonds is 3. The predicted octanol–water partition coefficient (Wildman–Crippen LogP) is 1.69. The topological polar surface area (TPSA) is 36.4 Å². The molecule has 0 saturated carbocycles. The monoisotopic (exact) mass is 203 g/mol. The van der Waals surface area contributed by atoms with Gasteiger partial charge in [0.2, 0.25) is 0 Å². The third kappa shape index (κ3) is 2.49. The molecule has 1 aromatic rings. The van der Waals surface area contributed by atoms with Crippen molar-refractivity contribution < 1.29 is 0 Å². The molecule has 0 aromatic heterocycles. The molecule has 0 saturated heterocycles. The molecule has 80 valence electrons. The fraction of sp³-hybridized carbons (Fsp3) is 0.417. The fourth-order valence-electron chi connectivity index (χ4n) is 1.77. The smallest absolute Gasteiger partial charge is 0.191 e. The first-order chi connectivity index (χ1) is 7.40. The molecule has 3 nitrogen and oxygen atoms in total. The number of hydrogen-bond donors (Lipinski definition) is 2. The molecule has 1 aromatic carbocycles. The Morgan fingerprint density at radius 1 is 1.40 bits per heavy atom. The van der Waals surface area contributed by atoms with Crippen molar-refractivity contribution in [2.45, 2.75) is 19.4 Å². The maximum absolute atomic E-state index is 4.34. The Bertz CT molecular complexity index is 332. The summed E-state index contributed by atoms with van der Waals surface area (Å²) < 4.78 is 0. The fourth-order valence-corrected chi connectivity index (χ4v) is 1.77. The molecule has 0 spiro atoms. The third-order valence-corrected chi connectivity index (χ3v) is 2.60. The lowest BCUT2D eigenvalue weighted by atomic mass is 10.1. The number of nitrogens with zero attached hydrogens (tertiary/aromatic N) is 1. The van der Waals surface area contributed by atoms with Crippen LogP contribution in [0.4, 0.5) is 0 Å². The van der Waals surface area contributed by atoms with Gasteiger partial charge in [0.25, 0.3) is 0 Å². The van der Waals surface area contributed by atoms with Crippen LogP contribution in [0.2, 0.25) is 0 Å².